The van der Waals surface area contributed by atoms with Gasteiger partial charge < -0.3 is 14.8 Å². The van der Waals surface area contributed by atoms with E-state index >= 15 is 0 Å². The molecule has 2 heterocycles. The van der Waals surface area contributed by atoms with Crippen LogP contribution in [0.2, 0.25) is 0 Å². The normalized spacial score (nSPS) is 13.8. The number of hydrogen-bond donors (Lipinski definition) is 2. The van der Waals surface area contributed by atoms with Crippen LogP contribution in [0.3, 0.4) is 0 Å². The molecule has 0 fully saturated rings. The summed E-state index contributed by atoms with van der Waals surface area (Å²) in [5.41, 5.74) is 1.44. The number of ether oxygens (including phenoxy) is 2. The highest BCUT2D eigenvalue weighted by molar-refractivity contribution is 7.22. The Bertz CT molecular complexity index is 1020. The van der Waals surface area contributed by atoms with E-state index in [9.17, 15) is 9.59 Å². The van der Waals surface area contributed by atoms with Crippen LogP contribution in [0, 0.1) is 5.92 Å². The van der Waals surface area contributed by atoms with Gasteiger partial charge in [-0.15, -0.1) is 0 Å². The van der Waals surface area contributed by atoms with Crippen LogP contribution in [0.1, 0.15) is 31.9 Å². The van der Waals surface area contributed by atoms with Crippen LogP contribution in [-0.4, -0.2) is 30.0 Å². The van der Waals surface area contributed by atoms with Gasteiger partial charge in [0.05, 0.1) is 10.2 Å². The molecule has 0 saturated heterocycles. The van der Waals surface area contributed by atoms with E-state index in [1.54, 1.807) is 0 Å². The van der Waals surface area contributed by atoms with Crippen LogP contribution in [-0.2, 0) is 9.59 Å². The molecule has 0 spiro atoms. The number of carbonyl (C=O) groups excluding carboxylic acids is 2. The van der Waals surface area contributed by atoms with E-state index < -0.39 is 6.04 Å². The molecule has 8 heteroatoms. The molecular weight excluding hydrogens is 402 g/mol. The van der Waals surface area contributed by atoms with Gasteiger partial charge in [0, 0.05) is 18.6 Å². The first-order chi connectivity index (χ1) is 14.5. The highest BCUT2D eigenvalue weighted by Crippen LogP contribution is 2.38. The third-order valence-electron chi connectivity index (χ3n) is 4.58. The zero-order chi connectivity index (χ0) is 21.1. The van der Waals surface area contributed by atoms with Crippen molar-refractivity contribution in [2.24, 2.45) is 5.92 Å². The Kier molecular flexibility index (Phi) is 5.85. The summed E-state index contributed by atoms with van der Waals surface area (Å²) in [5, 5.41) is 6.16. The fourth-order valence-electron chi connectivity index (χ4n) is 3.23. The second kappa shape index (κ2) is 8.71. The van der Waals surface area contributed by atoms with E-state index in [1.165, 1.54) is 11.3 Å². The number of rotatable bonds is 6. The number of nitrogens with one attached hydrogen (secondary N) is 2. The third-order valence-corrected chi connectivity index (χ3v) is 5.51. The zero-order valence-corrected chi connectivity index (χ0v) is 17.6. The van der Waals surface area contributed by atoms with Gasteiger partial charge in [0.2, 0.25) is 5.91 Å². The van der Waals surface area contributed by atoms with Crippen LogP contribution < -0.4 is 20.1 Å². The van der Waals surface area contributed by atoms with Gasteiger partial charge in [0.1, 0.15) is 19.3 Å². The Hall–Kier alpha value is -3.13. The summed E-state index contributed by atoms with van der Waals surface area (Å²) in [5.74, 6) is 1.03. The fraction of sp³-hybridized carbons (Fsp3) is 0.318. The maximum absolute atomic E-state index is 13.1. The van der Waals surface area contributed by atoms with Gasteiger partial charge in [-0.3, -0.25) is 14.9 Å². The predicted octanol–water partition coefficient (Wildman–Crippen LogP) is 3.91. The largest absolute Gasteiger partial charge is 0.486 e. The minimum absolute atomic E-state index is 0.166. The highest BCUT2D eigenvalue weighted by atomic mass is 32.1. The first-order valence-electron chi connectivity index (χ1n) is 9.85. The van der Waals surface area contributed by atoms with Gasteiger partial charge in [-0.2, -0.15) is 0 Å². The molecule has 1 aliphatic rings. The van der Waals surface area contributed by atoms with Crippen molar-refractivity contribution < 1.29 is 19.1 Å². The molecule has 7 nitrogen and oxygen atoms in total. The molecule has 1 aliphatic heterocycles. The van der Waals surface area contributed by atoms with Crippen molar-refractivity contribution in [2.45, 2.75) is 26.3 Å². The minimum Gasteiger partial charge on any atom is -0.486 e. The molecule has 1 aromatic heterocycles. The van der Waals surface area contributed by atoms with E-state index in [0.29, 0.717) is 41.8 Å². The number of amides is 2. The summed E-state index contributed by atoms with van der Waals surface area (Å²) in [4.78, 5) is 29.9. The van der Waals surface area contributed by atoms with Gasteiger partial charge in [0.25, 0.3) is 5.91 Å². The van der Waals surface area contributed by atoms with E-state index in [-0.39, 0.29) is 17.7 Å². The Balaban J connectivity index is 1.56. The monoisotopic (exact) mass is 425 g/mol. The molecule has 0 radical (unpaired) electrons. The van der Waals surface area contributed by atoms with Crippen molar-refractivity contribution in [3.63, 3.8) is 0 Å². The van der Waals surface area contributed by atoms with Crippen molar-refractivity contribution in [3.8, 4) is 11.5 Å². The van der Waals surface area contributed by atoms with Gasteiger partial charge in [-0.1, -0.05) is 55.5 Å². The van der Waals surface area contributed by atoms with Gasteiger partial charge in [-0.25, -0.2) is 4.98 Å². The minimum atomic E-state index is -0.802. The molecule has 0 aliphatic carbocycles. The van der Waals surface area contributed by atoms with Crippen molar-refractivity contribution >= 4 is 38.5 Å². The smallest absolute Gasteiger partial charge is 0.253 e. The van der Waals surface area contributed by atoms with Crippen LogP contribution in [0.15, 0.2) is 42.5 Å². The maximum atomic E-state index is 13.1. The van der Waals surface area contributed by atoms with Crippen LogP contribution >= 0.6 is 11.3 Å². The van der Waals surface area contributed by atoms with Gasteiger partial charge in [-0.05, 0) is 11.5 Å². The molecule has 2 amide bonds. The van der Waals surface area contributed by atoms with Crippen molar-refractivity contribution in [3.05, 3.63) is 48.0 Å². The summed E-state index contributed by atoms with van der Waals surface area (Å²) >= 11 is 1.35. The Morgan fingerprint density at radius 1 is 1.10 bits per heavy atom. The molecule has 4 rings (SSSR count). The molecule has 2 N–H and O–H groups in total. The van der Waals surface area contributed by atoms with Crippen molar-refractivity contribution in [1.82, 2.24) is 10.3 Å². The lowest BCUT2D eigenvalue weighted by Gasteiger charge is -2.18. The van der Waals surface area contributed by atoms with Crippen LogP contribution in [0.4, 0.5) is 5.13 Å². The number of hydrogen-bond acceptors (Lipinski definition) is 6. The Morgan fingerprint density at radius 3 is 2.50 bits per heavy atom. The number of benzene rings is 2. The number of fused-ring (bicyclic) bond motifs is 2. The second-order valence-corrected chi connectivity index (χ2v) is 8.51. The molecule has 1 unspecified atom stereocenters. The maximum Gasteiger partial charge on any atom is 0.253 e. The second-order valence-electron chi connectivity index (χ2n) is 7.48. The predicted molar refractivity (Wildman–Crippen MR) is 116 cm³/mol. The fourth-order valence-corrected chi connectivity index (χ4v) is 4.11. The Labute approximate surface area is 178 Å². The highest BCUT2D eigenvalue weighted by Gasteiger charge is 2.24. The lowest BCUT2D eigenvalue weighted by Crippen LogP contribution is -2.37. The summed E-state index contributed by atoms with van der Waals surface area (Å²) in [6, 6.07) is 12.1. The third kappa shape index (κ3) is 4.54. The molecule has 0 saturated carbocycles. The van der Waals surface area contributed by atoms with Crippen molar-refractivity contribution in [1.29, 1.82) is 0 Å². The first kappa shape index (κ1) is 20.2. The molecule has 0 bridgehead atoms. The van der Waals surface area contributed by atoms with E-state index in [0.717, 1.165) is 10.2 Å². The summed E-state index contributed by atoms with van der Waals surface area (Å²) in [6.45, 7) is 4.94. The van der Waals surface area contributed by atoms with Gasteiger partial charge in [0.15, 0.2) is 16.6 Å². The molecule has 156 valence electrons. The first-order valence-corrected chi connectivity index (χ1v) is 10.7. The lowest BCUT2D eigenvalue weighted by molar-refractivity contribution is -0.127. The molecule has 1 atom stereocenters. The van der Waals surface area contributed by atoms with E-state index in [4.69, 9.17) is 9.47 Å². The molecule has 2 aromatic carbocycles. The lowest BCUT2D eigenvalue weighted by atomic mass is 10.0. The number of thiazole rings is 1. The SMILES string of the molecule is CC(C)CC(=O)NC(C(=O)Nc1nc2cc3c(cc2s1)OCCO3)c1ccccc1. The van der Waals surface area contributed by atoms with Crippen LogP contribution in [0.25, 0.3) is 10.2 Å². The summed E-state index contributed by atoms with van der Waals surface area (Å²) in [7, 11) is 0. The molecule has 3 aromatic rings. The average Bonchev–Trinajstić information content (AvgIpc) is 3.11. The summed E-state index contributed by atoms with van der Waals surface area (Å²) < 4.78 is 12.1. The summed E-state index contributed by atoms with van der Waals surface area (Å²) in [6.07, 6.45) is 0.351. The Morgan fingerprint density at radius 2 is 1.80 bits per heavy atom. The number of carbonyl (C=O) groups is 2. The zero-order valence-electron chi connectivity index (χ0n) is 16.8. The van der Waals surface area contributed by atoms with Gasteiger partial charge >= 0.3 is 0 Å². The molecular formula is C22H23N3O4S. The van der Waals surface area contributed by atoms with E-state index in [2.05, 4.69) is 15.6 Å². The standard InChI is InChI=1S/C22H23N3O4S/c1-13(2)10-19(26)24-20(14-6-4-3-5-7-14)21(27)25-22-23-15-11-16-17(12-18(15)30-22)29-9-8-28-16/h3-7,11-13,20H,8-10H2,1-2H3,(H,24,26)(H,23,25,27). The number of nitrogens with zero attached hydrogens (tertiary/aromatic N) is 1. The number of aromatic nitrogens is 1. The topological polar surface area (TPSA) is 89.6 Å². The van der Waals surface area contributed by atoms with E-state index in [1.807, 2.05) is 56.3 Å². The van der Waals surface area contributed by atoms with Crippen molar-refractivity contribution in [2.75, 3.05) is 18.5 Å². The quantitative estimate of drug-likeness (QED) is 0.625. The molecule has 30 heavy (non-hydrogen) atoms. The number of anilines is 1. The average molecular weight is 426 g/mol. The van der Waals surface area contributed by atoms with Crippen LogP contribution in [0.5, 0.6) is 11.5 Å².